The van der Waals surface area contributed by atoms with Crippen LogP contribution in [0.25, 0.3) is 5.57 Å². The molecular formula is C11H15N. The van der Waals surface area contributed by atoms with Crippen molar-refractivity contribution in [3.05, 3.63) is 35.7 Å². The molecule has 0 fully saturated rings. The van der Waals surface area contributed by atoms with E-state index in [9.17, 15) is 0 Å². The van der Waals surface area contributed by atoms with E-state index in [0.29, 0.717) is 0 Å². The van der Waals surface area contributed by atoms with Gasteiger partial charge in [-0.05, 0) is 43.0 Å². The molecule has 0 aliphatic heterocycles. The molecule has 0 atom stereocenters. The smallest absolute Gasteiger partial charge is 0.0345 e. The Labute approximate surface area is 74.2 Å². The molecule has 0 unspecified atom stereocenters. The molecule has 0 saturated carbocycles. The van der Waals surface area contributed by atoms with Crippen LogP contribution in [0.2, 0.25) is 0 Å². The number of aryl methyl sites for hydroxylation is 1. The first kappa shape index (κ1) is 8.98. The summed E-state index contributed by atoms with van der Waals surface area (Å²) in [6, 6.07) is 2.04. The van der Waals surface area contributed by atoms with Gasteiger partial charge < -0.3 is 0 Å². The lowest BCUT2D eigenvalue weighted by atomic mass is 10.0. The van der Waals surface area contributed by atoms with Crippen molar-refractivity contribution in [2.45, 2.75) is 27.2 Å². The molecule has 12 heavy (non-hydrogen) atoms. The number of allylic oxidation sites excluding steroid dienone is 2. The van der Waals surface area contributed by atoms with Crippen molar-refractivity contribution < 1.29 is 0 Å². The molecule has 0 aliphatic carbocycles. The largest absolute Gasteiger partial charge is 0.264 e. The van der Waals surface area contributed by atoms with Gasteiger partial charge in [0, 0.05) is 12.4 Å². The number of aromatic nitrogens is 1. The molecule has 64 valence electrons. The third-order valence-electron chi connectivity index (χ3n) is 1.97. The average Bonchev–Trinajstić information content (AvgIpc) is 2.05. The summed E-state index contributed by atoms with van der Waals surface area (Å²) in [4.78, 5) is 4.11. The lowest BCUT2D eigenvalue weighted by Gasteiger charge is -2.03. The van der Waals surface area contributed by atoms with Crippen LogP contribution in [0, 0.1) is 6.92 Å². The van der Waals surface area contributed by atoms with Crippen molar-refractivity contribution in [1.29, 1.82) is 0 Å². The van der Waals surface area contributed by atoms with Crippen molar-refractivity contribution in [3.8, 4) is 0 Å². The summed E-state index contributed by atoms with van der Waals surface area (Å²) in [5.41, 5.74) is 3.88. The van der Waals surface area contributed by atoms with Crippen LogP contribution in [0.1, 0.15) is 31.4 Å². The minimum absolute atomic E-state index is 1.08. The van der Waals surface area contributed by atoms with E-state index in [1.165, 1.54) is 16.7 Å². The Kier molecular flexibility index (Phi) is 3.03. The summed E-state index contributed by atoms with van der Waals surface area (Å²) in [6.07, 6.45) is 7.07. The van der Waals surface area contributed by atoms with E-state index in [1.54, 1.807) is 0 Å². The van der Waals surface area contributed by atoms with Gasteiger partial charge in [0.05, 0.1) is 0 Å². The van der Waals surface area contributed by atoms with Crippen molar-refractivity contribution in [3.63, 3.8) is 0 Å². The first-order valence-corrected chi connectivity index (χ1v) is 4.33. The van der Waals surface area contributed by atoms with Gasteiger partial charge in [0.15, 0.2) is 0 Å². The molecule has 0 aromatic carbocycles. The molecule has 0 bridgehead atoms. The van der Waals surface area contributed by atoms with Gasteiger partial charge in [0.1, 0.15) is 0 Å². The van der Waals surface area contributed by atoms with Crippen LogP contribution in [0.5, 0.6) is 0 Å². The van der Waals surface area contributed by atoms with Crippen molar-refractivity contribution in [2.24, 2.45) is 0 Å². The number of hydrogen-bond donors (Lipinski definition) is 0. The Morgan fingerprint density at radius 2 is 2.33 bits per heavy atom. The first-order chi connectivity index (χ1) is 5.75. The summed E-state index contributed by atoms with van der Waals surface area (Å²) in [5.74, 6) is 0. The second kappa shape index (κ2) is 4.05. The molecule has 1 aromatic rings. The Morgan fingerprint density at radius 3 is 2.92 bits per heavy atom. The van der Waals surface area contributed by atoms with E-state index >= 15 is 0 Å². The van der Waals surface area contributed by atoms with E-state index in [0.717, 1.165) is 6.42 Å². The molecule has 0 N–H and O–H groups in total. The maximum atomic E-state index is 4.11. The Hall–Kier alpha value is -1.11. The summed E-state index contributed by atoms with van der Waals surface area (Å²) < 4.78 is 0. The minimum atomic E-state index is 1.08. The number of pyridine rings is 1. The van der Waals surface area contributed by atoms with Crippen LogP contribution in [0.3, 0.4) is 0 Å². The highest BCUT2D eigenvalue weighted by Crippen LogP contribution is 2.16. The maximum Gasteiger partial charge on any atom is 0.0345 e. The molecule has 0 amide bonds. The summed E-state index contributed by atoms with van der Waals surface area (Å²) in [7, 11) is 0. The third-order valence-corrected chi connectivity index (χ3v) is 1.97. The second-order valence-electron chi connectivity index (χ2n) is 2.99. The summed E-state index contributed by atoms with van der Waals surface area (Å²) in [5, 5.41) is 0. The zero-order valence-corrected chi connectivity index (χ0v) is 7.96. The Morgan fingerprint density at radius 1 is 1.58 bits per heavy atom. The highest BCUT2D eigenvalue weighted by Gasteiger charge is 1.97. The average molecular weight is 161 g/mol. The van der Waals surface area contributed by atoms with Crippen LogP contribution in [0.4, 0.5) is 0 Å². The number of nitrogens with zero attached hydrogens (tertiary/aromatic N) is 1. The molecule has 1 rings (SSSR count). The first-order valence-electron chi connectivity index (χ1n) is 4.33. The zero-order chi connectivity index (χ0) is 8.97. The quantitative estimate of drug-likeness (QED) is 0.649. The van der Waals surface area contributed by atoms with Gasteiger partial charge in [-0.3, -0.25) is 4.98 Å². The monoisotopic (exact) mass is 161 g/mol. The molecule has 1 heteroatoms. The van der Waals surface area contributed by atoms with Crippen LogP contribution in [-0.4, -0.2) is 4.98 Å². The molecule has 1 heterocycles. The number of rotatable bonds is 2. The number of hydrogen-bond acceptors (Lipinski definition) is 1. The SMILES string of the molecule is CC/C=C(/C)c1cnccc1C. The van der Waals surface area contributed by atoms with E-state index in [1.807, 2.05) is 18.5 Å². The van der Waals surface area contributed by atoms with E-state index in [-0.39, 0.29) is 0 Å². The molecule has 1 nitrogen and oxygen atoms in total. The fraction of sp³-hybridized carbons (Fsp3) is 0.364. The lowest BCUT2D eigenvalue weighted by molar-refractivity contribution is 1.20. The summed E-state index contributed by atoms with van der Waals surface area (Å²) in [6.45, 7) is 6.40. The predicted molar refractivity (Wildman–Crippen MR) is 52.9 cm³/mol. The Bertz CT molecular complexity index is 287. The molecule has 1 aromatic heterocycles. The van der Waals surface area contributed by atoms with Crippen LogP contribution >= 0.6 is 0 Å². The van der Waals surface area contributed by atoms with Crippen molar-refractivity contribution in [2.75, 3.05) is 0 Å². The second-order valence-corrected chi connectivity index (χ2v) is 2.99. The van der Waals surface area contributed by atoms with Crippen LogP contribution in [-0.2, 0) is 0 Å². The standard InChI is InChI=1S/C11H15N/c1-4-5-9(2)11-8-12-7-6-10(11)3/h5-8H,4H2,1-3H3/b9-5-. The van der Waals surface area contributed by atoms with E-state index in [4.69, 9.17) is 0 Å². The third kappa shape index (κ3) is 1.94. The van der Waals surface area contributed by atoms with Crippen LogP contribution in [0.15, 0.2) is 24.5 Å². The topological polar surface area (TPSA) is 12.9 Å². The highest BCUT2D eigenvalue weighted by molar-refractivity contribution is 5.65. The van der Waals surface area contributed by atoms with Gasteiger partial charge >= 0.3 is 0 Å². The van der Waals surface area contributed by atoms with Gasteiger partial charge in [0.2, 0.25) is 0 Å². The van der Waals surface area contributed by atoms with Crippen LogP contribution < -0.4 is 0 Å². The fourth-order valence-corrected chi connectivity index (χ4v) is 1.29. The zero-order valence-electron chi connectivity index (χ0n) is 7.96. The van der Waals surface area contributed by atoms with Crippen molar-refractivity contribution >= 4 is 5.57 Å². The Balaban J connectivity index is 3.02. The summed E-state index contributed by atoms with van der Waals surface area (Å²) >= 11 is 0. The van der Waals surface area contributed by atoms with Gasteiger partial charge in [0.25, 0.3) is 0 Å². The molecule has 0 aliphatic rings. The fourth-order valence-electron chi connectivity index (χ4n) is 1.29. The molecule has 0 spiro atoms. The maximum absolute atomic E-state index is 4.11. The van der Waals surface area contributed by atoms with E-state index < -0.39 is 0 Å². The molecule has 0 radical (unpaired) electrons. The van der Waals surface area contributed by atoms with Gasteiger partial charge in [-0.25, -0.2) is 0 Å². The molecule has 0 saturated heterocycles. The predicted octanol–water partition coefficient (Wildman–Crippen LogP) is 3.20. The van der Waals surface area contributed by atoms with Gasteiger partial charge in [-0.15, -0.1) is 0 Å². The van der Waals surface area contributed by atoms with E-state index in [2.05, 4.69) is 31.8 Å². The lowest BCUT2D eigenvalue weighted by Crippen LogP contribution is -1.86. The van der Waals surface area contributed by atoms with Crippen molar-refractivity contribution in [1.82, 2.24) is 4.98 Å². The molecular weight excluding hydrogens is 146 g/mol. The normalized spacial score (nSPS) is 11.8. The highest BCUT2D eigenvalue weighted by atomic mass is 14.6. The van der Waals surface area contributed by atoms with Gasteiger partial charge in [-0.2, -0.15) is 0 Å². The minimum Gasteiger partial charge on any atom is -0.264 e. The van der Waals surface area contributed by atoms with Gasteiger partial charge in [-0.1, -0.05) is 13.0 Å².